The van der Waals surface area contributed by atoms with Crippen molar-refractivity contribution in [2.75, 3.05) is 19.8 Å². The van der Waals surface area contributed by atoms with Crippen LogP contribution in [0.25, 0.3) is 11.3 Å². The molecule has 7 nitrogen and oxygen atoms in total. The molecule has 1 fully saturated rings. The van der Waals surface area contributed by atoms with Gasteiger partial charge in [0.05, 0.1) is 32.1 Å². The summed E-state index contributed by atoms with van der Waals surface area (Å²) in [6.07, 6.45) is 2.72. The lowest BCUT2D eigenvalue weighted by molar-refractivity contribution is -0.0946. The average molecular weight is 332 g/mol. The molecule has 0 spiro atoms. The molecular formula is C17H20N2O5. The van der Waals surface area contributed by atoms with Crippen molar-refractivity contribution >= 4 is 5.97 Å². The second-order valence-corrected chi connectivity index (χ2v) is 6.49. The molecule has 24 heavy (non-hydrogen) atoms. The number of carboxylic acids is 1. The minimum Gasteiger partial charge on any atom is -0.475 e. The van der Waals surface area contributed by atoms with E-state index in [1.165, 1.54) is 0 Å². The van der Waals surface area contributed by atoms with Crippen LogP contribution in [0.2, 0.25) is 0 Å². The summed E-state index contributed by atoms with van der Waals surface area (Å²) in [4.78, 5) is 11.4. The number of fused-ring (bicyclic) bond motifs is 3. The molecule has 0 radical (unpaired) electrons. The molecular weight excluding hydrogens is 312 g/mol. The first-order valence-electron chi connectivity index (χ1n) is 8.17. The lowest BCUT2D eigenvalue weighted by Crippen LogP contribution is -2.32. The molecule has 2 atom stereocenters. The van der Waals surface area contributed by atoms with Gasteiger partial charge in [0.1, 0.15) is 11.9 Å². The van der Waals surface area contributed by atoms with Crippen molar-refractivity contribution in [3.63, 3.8) is 0 Å². The summed E-state index contributed by atoms with van der Waals surface area (Å²) in [5, 5.41) is 14.0. The lowest BCUT2D eigenvalue weighted by atomic mass is 9.86. The molecule has 128 valence electrons. The molecule has 2 aromatic rings. The summed E-state index contributed by atoms with van der Waals surface area (Å²) in [6.45, 7) is 6.32. The number of furan rings is 1. The third-order valence-electron chi connectivity index (χ3n) is 4.74. The van der Waals surface area contributed by atoms with Crippen molar-refractivity contribution in [3.05, 3.63) is 28.8 Å². The van der Waals surface area contributed by atoms with E-state index in [4.69, 9.17) is 19.0 Å². The Morgan fingerprint density at radius 3 is 3.00 bits per heavy atom. The fourth-order valence-corrected chi connectivity index (χ4v) is 3.55. The monoisotopic (exact) mass is 332 g/mol. The number of carboxylic acid groups (broad SMARTS) is 1. The Bertz CT molecular complexity index is 785. The quantitative estimate of drug-likeness (QED) is 0.927. The number of hydrogen-bond acceptors (Lipinski definition) is 5. The minimum atomic E-state index is -1.04. The van der Waals surface area contributed by atoms with Gasteiger partial charge in [-0.3, -0.25) is 4.68 Å². The van der Waals surface area contributed by atoms with Gasteiger partial charge in [-0.2, -0.15) is 5.10 Å². The van der Waals surface area contributed by atoms with Gasteiger partial charge in [-0.1, -0.05) is 6.92 Å². The molecule has 2 aliphatic rings. The largest absolute Gasteiger partial charge is 0.475 e. The van der Waals surface area contributed by atoms with E-state index in [0.717, 1.165) is 16.8 Å². The summed E-state index contributed by atoms with van der Waals surface area (Å²) >= 11 is 0. The topological polar surface area (TPSA) is 86.7 Å². The first kappa shape index (κ1) is 15.4. The second-order valence-electron chi connectivity index (χ2n) is 6.49. The highest BCUT2D eigenvalue weighted by Gasteiger charge is 2.33. The molecule has 3 heterocycles. The fraction of sp³-hybridized carbons (Fsp3) is 0.529. The standard InChI is InChI=1S/C17H20N2O5/c1-9-5-13-14(10(2)16(24-13)17(20)21)15-12(9)7-19(18-15)6-11-8-22-3-4-23-11/h7,9,11H,3-6,8H2,1-2H3,(H,20,21)/t9?,11-/m0/s1. The molecule has 4 rings (SSSR count). The van der Waals surface area contributed by atoms with E-state index in [2.05, 4.69) is 6.92 Å². The van der Waals surface area contributed by atoms with Gasteiger partial charge < -0.3 is 19.0 Å². The number of rotatable bonds is 3. The Balaban J connectivity index is 1.71. The van der Waals surface area contributed by atoms with Gasteiger partial charge in [-0.25, -0.2) is 4.79 Å². The summed E-state index contributed by atoms with van der Waals surface area (Å²) in [6, 6.07) is 0. The number of carbonyl (C=O) groups is 1. The van der Waals surface area contributed by atoms with Gasteiger partial charge in [0, 0.05) is 29.3 Å². The van der Waals surface area contributed by atoms with Crippen LogP contribution in [0.1, 0.15) is 40.3 Å². The first-order chi connectivity index (χ1) is 11.5. The van der Waals surface area contributed by atoms with Crippen LogP contribution in [0.15, 0.2) is 10.6 Å². The van der Waals surface area contributed by atoms with E-state index < -0.39 is 5.97 Å². The Labute approximate surface area is 139 Å². The Morgan fingerprint density at radius 2 is 2.29 bits per heavy atom. The molecule has 7 heteroatoms. The summed E-state index contributed by atoms with van der Waals surface area (Å²) < 4.78 is 18.6. The Hall–Kier alpha value is -2.12. The molecule has 1 aliphatic carbocycles. The van der Waals surface area contributed by atoms with Crippen molar-refractivity contribution < 1.29 is 23.8 Å². The Kier molecular flexibility index (Phi) is 3.69. The maximum absolute atomic E-state index is 11.4. The number of hydrogen-bond donors (Lipinski definition) is 1. The molecule has 1 N–H and O–H groups in total. The highest BCUT2D eigenvalue weighted by molar-refractivity contribution is 5.90. The van der Waals surface area contributed by atoms with E-state index in [1.54, 1.807) is 6.92 Å². The first-order valence-corrected chi connectivity index (χ1v) is 8.17. The van der Waals surface area contributed by atoms with Gasteiger partial charge in [-0.15, -0.1) is 0 Å². The highest BCUT2D eigenvalue weighted by atomic mass is 16.6. The van der Waals surface area contributed by atoms with Gasteiger partial charge in [0.15, 0.2) is 0 Å². The normalized spacial score (nSPS) is 22.9. The highest BCUT2D eigenvalue weighted by Crippen LogP contribution is 2.42. The zero-order chi connectivity index (χ0) is 16.8. The smallest absolute Gasteiger partial charge is 0.372 e. The maximum Gasteiger partial charge on any atom is 0.372 e. The van der Waals surface area contributed by atoms with Crippen LogP contribution in [-0.4, -0.2) is 46.8 Å². The van der Waals surface area contributed by atoms with Crippen LogP contribution < -0.4 is 0 Å². The SMILES string of the molecule is Cc1c(C(=O)O)oc2c1-c1nn(C[C@H]3COCCO3)cc1C(C)C2. The summed E-state index contributed by atoms with van der Waals surface area (Å²) in [5.74, 6) is -0.0775. The van der Waals surface area contributed by atoms with Crippen LogP contribution in [0.3, 0.4) is 0 Å². The predicted octanol–water partition coefficient (Wildman–Crippen LogP) is 2.22. The van der Waals surface area contributed by atoms with Gasteiger partial charge in [0.2, 0.25) is 5.76 Å². The van der Waals surface area contributed by atoms with E-state index in [1.807, 2.05) is 10.9 Å². The lowest BCUT2D eigenvalue weighted by Gasteiger charge is -2.22. The van der Waals surface area contributed by atoms with E-state index >= 15 is 0 Å². The fourth-order valence-electron chi connectivity index (χ4n) is 3.55. The predicted molar refractivity (Wildman–Crippen MR) is 84.3 cm³/mol. The van der Waals surface area contributed by atoms with E-state index in [-0.39, 0.29) is 17.8 Å². The van der Waals surface area contributed by atoms with Gasteiger partial charge in [0.25, 0.3) is 0 Å². The molecule has 0 aromatic carbocycles. The van der Waals surface area contributed by atoms with Crippen molar-refractivity contribution in [1.29, 1.82) is 0 Å². The molecule has 0 saturated carbocycles. The third kappa shape index (κ3) is 2.44. The van der Waals surface area contributed by atoms with Crippen molar-refractivity contribution in [2.45, 2.75) is 38.8 Å². The third-order valence-corrected chi connectivity index (χ3v) is 4.74. The van der Waals surface area contributed by atoms with Crippen LogP contribution >= 0.6 is 0 Å². The summed E-state index contributed by atoms with van der Waals surface area (Å²) in [7, 11) is 0. The zero-order valence-corrected chi connectivity index (χ0v) is 13.7. The number of ether oxygens (including phenoxy) is 2. The van der Waals surface area contributed by atoms with Crippen LogP contribution in [-0.2, 0) is 22.4 Å². The second kappa shape index (κ2) is 5.75. The van der Waals surface area contributed by atoms with Gasteiger partial charge >= 0.3 is 5.97 Å². The maximum atomic E-state index is 11.4. The number of nitrogens with zero attached hydrogens (tertiary/aromatic N) is 2. The average Bonchev–Trinajstić information content (AvgIpc) is 3.10. The molecule has 2 aromatic heterocycles. The Morgan fingerprint density at radius 1 is 1.46 bits per heavy atom. The van der Waals surface area contributed by atoms with Crippen LogP contribution in [0.4, 0.5) is 0 Å². The molecule has 0 bridgehead atoms. The number of aromatic carboxylic acids is 1. The zero-order valence-electron chi connectivity index (χ0n) is 13.7. The minimum absolute atomic E-state index is 0.00472. The molecule has 1 aliphatic heterocycles. The van der Waals surface area contributed by atoms with Crippen LogP contribution in [0, 0.1) is 6.92 Å². The van der Waals surface area contributed by atoms with E-state index in [0.29, 0.717) is 44.1 Å². The van der Waals surface area contributed by atoms with Crippen LogP contribution in [0.5, 0.6) is 0 Å². The number of aromatic nitrogens is 2. The van der Waals surface area contributed by atoms with Crippen molar-refractivity contribution in [2.24, 2.45) is 0 Å². The van der Waals surface area contributed by atoms with Crippen molar-refractivity contribution in [3.8, 4) is 11.3 Å². The van der Waals surface area contributed by atoms with E-state index in [9.17, 15) is 9.90 Å². The molecule has 1 saturated heterocycles. The molecule has 1 unspecified atom stereocenters. The van der Waals surface area contributed by atoms with Crippen molar-refractivity contribution in [1.82, 2.24) is 9.78 Å². The molecule has 0 amide bonds. The van der Waals surface area contributed by atoms with Gasteiger partial charge in [-0.05, 0) is 12.8 Å². The summed E-state index contributed by atoms with van der Waals surface area (Å²) in [5.41, 5.74) is 3.43.